The van der Waals surface area contributed by atoms with Gasteiger partial charge in [-0.1, -0.05) is 23.7 Å². The average molecular weight is 281 g/mol. The molecule has 0 spiro atoms. The lowest BCUT2D eigenvalue weighted by atomic mass is 10.1. The van der Waals surface area contributed by atoms with E-state index in [1.165, 1.54) is 4.68 Å². The summed E-state index contributed by atoms with van der Waals surface area (Å²) in [6.07, 6.45) is 0.445. The summed E-state index contributed by atoms with van der Waals surface area (Å²) in [6.45, 7) is 3.11. The molecule has 6 nitrogen and oxygen atoms in total. The second kappa shape index (κ2) is 4.97. The molecule has 0 saturated carbocycles. The Morgan fingerprint density at radius 2 is 2.00 bits per heavy atom. The molecule has 0 saturated heterocycles. The van der Waals surface area contributed by atoms with Gasteiger partial charge >= 0.3 is 5.97 Å². The van der Waals surface area contributed by atoms with Gasteiger partial charge in [0.2, 0.25) is 0 Å². The fourth-order valence-electron chi connectivity index (χ4n) is 1.63. The Morgan fingerprint density at radius 3 is 2.58 bits per heavy atom. The molecule has 0 amide bonds. The van der Waals surface area contributed by atoms with Crippen LogP contribution >= 0.6 is 11.6 Å². The van der Waals surface area contributed by atoms with Crippen LogP contribution in [0.25, 0.3) is 0 Å². The van der Waals surface area contributed by atoms with Gasteiger partial charge in [0.25, 0.3) is 0 Å². The smallest absolute Gasteiger partial charge is 0.331 e. The summed E-state index contributed by atoms with van der Waals surface area (Å²) in [5.74, 6) is -0.494. The van der Waals surface area contributed by atoms with Crippen LogP contribution in [0.2, 0.25) is 5.02 Å². The fraction of sp³-hybridized carbons (Fsp3) is 0.333. The van der Waals surface area contributed by atoms with Gasteiger partial charge in [-0.25, -0.2) is 9.48 Å². The topological polar surface area (TPSA) is 80.9 Å². The van der Waals surface area contributed by atoms with Crippen molar-refractivity contribution in [1.82, 2.24) is 20.2 Å². The molecule has 2 rings (SSSR count). The second-order valence-corrected chi connectivity index (χ2v) is 5.11. The number of rotatable bonds is 4. The Kier molecular flexibility index (Phi) is 3.53. The third-order valence-electron chi connectivity index (χ3n) is 2.86. The quantitative estimate of drug-likeness (QED) is 0.922. The molecule has 0 bridgehead atoms. The van der Waals surface area contributed by atoms with Crippen LogP contribution in [0.4, 0.5) is 0 Å². The normalized spacial score (nSPS) is 11.5. The molecule has 0 aliphatic rings. The Morgan fingerprint density at radius 1 is 1.37 bits per heavy atom. The lowest BCUT2D eigenvalue weighted by molar-refractivity contribution is -0.146. The molecule has 100 valence electrons. The highest BCUT2D eigenvalue weighted by molar-refractivity contribution is 6.30. The summed E-state index contributed by atoms with van der Waals surface area (Å²) >= 11 is 5.82. The van der Waals surface area contributed by atoms with Crippen molar-refractivity contribution in [3.8, 4) is 0 Å². The van der Waals surface area contributed by atoms with Crippen LogP contribution in [-0.2, 0) is 16.8 Å². The molecule has 0 aliphatic carbocycles. The predicted molar refractivity (Wildman–Crippen MR) is 69.0 cm³/mol. The molecule has 1 aromatic carbocycles. The van der Waals surface area contributed by atoms with Crippen molar-refractivity contribution in [3.63, 3.8) is 0 Å². The molecule has 19 heavy (non-hydrogen) atoms. The maximum atomic E-state index is 11.2. The number of hydrogen-bond donors (Lipinski definition) is 1. The standard InChI is InChI=1S/C12H13ClN4O2/c1-12(2,11(18)19)17-10(14-15-16-17)7-8-3-5-9(13)6-4-8/h3-6H,7H2,1-2H3,(H,18,19). The first kappa shape index (κ1) is 13.5. The first-order valence-electron chi connectivity index (χ1n) is 5.67. The molecule has 1 heterocycles. The lowest BCUT2D eigenvalue weighted by Gasteiger charge is -2.20. The molecule has 1 N–H and O–H groups in total. The molecule has 0 atom stereocenters. The highest BCUT2D eigenvalue weighted by Gasteiger charge is 2.33. The minimum Gasteiger partial charge on any atom is -0.479 e. The molecule has 0 aliphatic heterocycles. The van der Waals surface area contributed by atoms with E-state index in [4.69, 9.17) is 11.6 Å². The Labute approximate surface area is 115 Å². The summed E-state index contributed by atoms with van der Waals surface area (Å²) in [5, 5.41) is 21.1. The summed E-state index contributed by atoms with van der Waals surface area (Å²) in [4.78, 5) is 11.2. The monoisotopic (exact) mass is 280 g/mol. The first-order chi connectivity index (χ1) is 8.91. The number of carbonyl (C=O) groups is 1. The van der Waals surface area contributed by atoms with Gasteiger partial charge in [0.1, 0.15) is 0 Å². The van der Waals surface area contributed by atoms with Crippen molar-refractivity contribution >= 4 is 17.6 Å². The molecule has 7 heteroatoms. The van der Waals surface area contributed by atoms with Gasteiger partial charge in [-0.05, 0) is 42.0 Å². The minimum absolute atomic E-state index is 0.445. The third kappa shape index (κ3) is 2.73. The van der Waals surface area contributed by atoms with Crippen LogP contribution in [0.1, 0.15) is 25.2 Å². The molecule has 0 fully saturated rings. The molecule has 2 aromatic rings. The molecule has 1 aromatic heterocycles. The minimum atomic E-state index is -1.19. The van der Waals surface area contributed by atoms with E-state index in [0.717, 1.165) is 5.56 Å². The van der Waals surface area contributed by atoms with Crippen LogP contribution in [0.5, 0.6) is 0 Å². The van der Waals surface area contributed by atoms with Crippen molar-refractivity contribution in [1.29, 1.82) is 0 Å². The number of hydrogen-bond acceptors (Lipinski definition) is 4. The zero-order chi connectivity index (χ0) is 14.0. The summed E-state index contributed by atoms with van der Waals surface area (Å²) in [7, 11) is 0. The second-order valence-electron chi connectivity index (χ2n) is 4.67. The number of carboxylic acids is 1. The first-order valence-corrected chi connectivity index (χ1v) is 6.04. The number of aliphatic carboxylic acids is 1. The van der Waals surface area contributed by atoms with Gasteiger partial charge < -0.3 is 5.11 Å². The fourth-order valence-corrected chi connectivity index (χ4v) is 1.75. The zero-order valence-corrected chi connectivity index (χ0v) is 11.3. The summed E-state index contributed by atoms with van der Waals surface area (Å²) in [5.41, 5.74) is -0.229. The number of carboxylic acid groups (broad SMARTS) is 1. The van der Waals surface area contributed by atoms with E-state index in [9.17, 15) is 9.90 Å². The van der Waals surface area contributed by atoms with Crippen LogP contribution in [-0.4, -0.2) is 31.3 Å². The van der Waals surface area contributed by atoms with Gasteiger partial charge in [0.15, 0.2) is 11.4 Å². The average Bonchev–Trinajstić information content (AvgIpc) is 2.80. The number of halogens is 1. The van der Waals surface area contributed by atoms with E-state index in [0.29, 0.717) is 17.3 Å². The molecule has 0 radical (unpaired) electrons. The van der Waals surface area contributed by atoms with Gasteiger partial charge in [-0.2, -0.15) is 0 Å². The molecular weight excluding hydrogens is 268 g/mol. The van der Waals surface area contributed by atoms with E-state index >= 15 is 0 Å². The SMILES string of the molecule is CC(C)(C(=O)O)n1nnnc1Cc1ccc(Cl)cc1. The van der Waals surface area contributed by atoms with Crippen LogP contribution in [0.3, 0.4) is 0 Å². The maximum Gasteiger partial charge on any atom is 0.331 e. The van der Waals surface area contributed by atoms with Gasteiger partial charge in [0, 0.05) is 11.4 Å². The number of tetrazole rings is 1. The van der Waals surface area contributed by atoms with Crippen molar-refractivity contribution in [2.75, 3.05) is 0 Å². The van der Waals surface area contributed by atoms with Crippen molar-refractivity contribution in [2.24, 2.45) is 0 Å². The summed E-state index contributed by atoms with van der Waals surface area (Å²) < 4.78 is 1.32. The van der Waals surface area contributed by atoms with Gasteiger partial charge in [-0.3, -0.25) is 0 Å². The van der Waals surface area contributed by atoms with Gasteiger partial charge in [-0.15, -0.1) is 5.10 Å². The van der Waals surface area contributed by atoms with Crippen LogP contribution in [0.15, 0.2) is 24.3 Å². The Balaban J connectivity index is 2.30. The van der Waals surface area contributed by atoms with Crippen molar-refractivity contribution < 1.29 is 9.90 Å². The number of benzene rings is 1. The highest BCUT2D eigenvalue weighted by atomic mass is 35.5. The predicted octanol–water partition coefficient (Wildman–Crippen LogP) is 1.74. The number of nitrogens with zero attached hydrogens (tertiary/aromatic N) is 4. The van der Waals surface area contributed by atoms with E-state index in [1.54, 1.807) is 26.0 Å². The van der Waals surface area contributed by atoms with Crippen molar-refractivity contribution in [3.05, 3.63) is 40.7 Å². The number of aromatic nitrogens is 4. The molecule has 0 unspecified atom stereocenters. The van der Waals surface area contributed by atoms with E-state index < -0.39 is 11.5 Å². The van der Waals surface area contributed by atoms with Crippen molar-refractivity contribution in [2.45, 2.75) is 25.8 Å². The molecular formula is C12H13ClN4O2. The lowest BCUT2D eigenvalue weighted by Crippen LogP contribution is -2.38. The largest absolute Gasteiger partial charge is 0.479 e. The third-order valence-corrected chi connectivity index (χ3v) is 3.11. The van der Waals surface area contributed by atoms with E-state index in [2.05, 4.69) is 15.5 Å². The highest BCUT2D eigenvalue weighted by Crippen LogP contribution is 2.18. The van der Waals surface area contributed by atoms with E-state index in [1.807, 2.05) is 12.1 Å². The summed E-state index contributed by atoms with van der Waals surface area (Å²) in [6, 6.07) is 7.25. The van der Waals surface area contributed by atoms with E-state index in [-0.39, 0.29) is 0 Å². The maximum absolute atomic E-state index is 11.2. The Bertz CT molecular complexity index is 592. The van der Waals surface area contributed by atoms with Crippen LogP contribution in [0, 0.1) is 0 Å². The Hall–Kier alpha value is -1.95. The van der Waals surface area contributed by atoms with Gasteiger partial charge in [0.05, 0.1) is 0 Å². The zero-order valence-electron chi connectivity index (χ0n) is 10.5. The van der Waals surface area contributed by atoms with Crippen LogP contribution < -0.4 is 0 Å².